The highest BCUT2D eigenvalue weighted by Crippen LogP contribution is 2.41. The maximum Gasteiger partial charge on any atom is 0.308 e. The first-order valence-corrected chi connectivity index (χ1v) is 5.71. The van der Waals surface area contributed by atoms with Crippen molar-refractivity contribution in [3.63, 3.8) is 0 Å². The molecule has 0 aromatic carbocycles. The highest BCUT2D eigenvalue weighted by molar-refractivity contribution is 5.71. The van der Waals surface area contributed by atoms with Crippen molar-refractivity contribution in [3.8, 4) is 0 Å². The van der Waals surface area contributed by atoms with E-state index < -0.39 is 5.97 Å². The van der Waals surface area contributed by atoms with E-state index in [1.807, 2.05) is 0 Å². The molecule has 0 spiro atoms. The average molecular weight is 209 g/mol. The van der Waals surface area contributed by atoms with Crippen LogP contribution >= 0.6 is 0 Å². The van der Waals surface area contributed by atoms with Gasteiger partial charge in [-0.3, -0.25) is 9.69 Å². The first-order valence-electron chi connectivity index (χ1n) is 5.71. The van der Waals surface area contributed by atoms with E-state index in [1.165, 1.54) is 12.0 Å². The van der Waals surface area contributed by atoms with Gasteiger partial charge in [0.2, 0.25) is 0 Å². The first-order chi connectivity index (χ1) is 7.09. The van der Waals surface area contributed by atoms with E-state index in [9.17, 15) is 4.79 Å². The zero-order valence-electron chi connectivity index (χ0n) is 9.44. The van der Waals surface area contributed by atoms with Gasteiger partial charge in [-0.1, -0.05) is 11.6 Å². The average Bonchev–Trinajstić information content (AvgIpc) is 2.70. The Morgan fingerprint density at radius 1 is 1.47 bits per heavy atom. The number of allylic oxidation sites excluding steroid dienone is 1. The van der Waals surface area contributed by atoms with Crippen LogP contribution in [0.3, 0.4) is 0 Å². The van der Waals surface area contributed by atoms with E-state index in [-0.39, 0.29) is 5.92 Å². The molecule has 3 unspecified atom stereocenters. The molecule has 2 bridgehead atoms. The van der Waals surface area contributed by atoms with E-state index >= 15 is 0 Å². The van der Waals surface area contributed by atoms with Crippen molar-refractivity contribution in [3.05, 3.63) is 11.6 Å². The zero-order valence-corrected chi connectivity index (χ0v) is 9.44. The molecule has 3 atom stereocenters. The minimum Gasteiger partial charge on any atom is -0.481 e. The summed E-state index contributed by atoms with van der Waals surface area (Å²) in [7, 11) is 0. The molecule has 0 radical (unpaired) electrons. The molecule has 0 saturated carbocycles. The van der Waals surface area contributed by atoms with Crippen molar-refractivity contribution in [1.29, 1.82) is 0 Å². The Morgan fingerprint density at radius 2 is 2.20 bits per heavy atom. The fraction of sp³-hybridized carbons (Fsp3) is 0.750. The molecular formula is C12H19NO2. The fourth-order valence-electron chi connectivity index (χ4n) is 2.94. The Kier molecular flexibility index (Phi) is 2.83. The molecule has 2 fully saturated rings. The lowest BCUT2D eigenvalue weighted by atomic mass is 9.89. The molecule has 0 aliphatic carbocycles. The van der Waals surface area contributed by atoms with Crippen molar-refractivity contribution in [2.45, 2.75) is 45.2 Å². The van der Waals surface area contributed by atoms with Gasteiger partial charge in [0, 0.05) is 18.6 Å². The normalized spacial score (nSPS) is 34.4. The second kappa shape index (κ2) is 3.97. The predicted octanol–water partition coefficient (Wildman–Crippen LogP) is 1.89. The molecule has 84 valence electrons. The molecule has 15 heavy (non-hydrogen) atoms. The number of rotatable bonds is 3. The molecule has 1 N–H and O–H groups in total. The minimum atomic E-state index is -0.607. The van der Waals surface area contributed by atoms with E-state index in [1.54, 1.807) is 0 Å². The molecule has 2 aliphatic heterocycles. The van der Waals surface area contributed by atoms with Crippen LogP contribution in [-0.2, 0) is 4.79 Å². The summed E-state index contributed by atoms with van der Waals surface area (Å²) < 4.78 is 0. The lowest BCUT2D eigenvalue weighted by Crippen LogP contribution is -2.33. The summed E-state index contributed by atoms with van der Waals surface area (Å²) in [6, 6.07) is 0.815. The number of carboxylic acids is 1. The van der Waals surface area contributed by atoms with Crippen molar-refractivity contribution in [2.75, 3.05) is 6.54 Å². The van der Waals surface area contributed by atoms with E-state index in [0.717, 1.165) is 19.4 Å². The Hall–Kier alpha value is -0.830. The zero-order chi connectivity index (χ0) is 11.0. The molecule has 3 heteroatoms. The van der Waals surface area contributed by atoms with Crippen LogP contribution in [0.5, 0.6) is 0 Å². The predicted molar refractivity (Wildman–Crippen MR) is 58.7 cm³/mol. The van der Waals surface area contributed by atoms with Crippen molar-refractivity contribution >= 4 is 5.97 Å². The van der Waals surface area contributed by atoms with E-state index in [4.69, 9.17) is 5.11 Å². The SMILES string of the molecule is CC(C)=CCN1C2CCC1C(C(=O)O)C2. The van der Waals surface area contributed by atoms with Crippen LogP contribution in [0.1, 0.15) is 33.1 Å². The third kappa shape index (κ3) is 1.93. The van der Waals surface area contributed by atoms with Gasteiger partial charge in [0.25, 0.3) is 0 Å². The molecular weight excluding hydrogens is 190 g/mol. The number of fused-ring (bicyclic) bond motifs is 2. The summed E-state index contributed by atoms with van der Waals surface area (Å²) in [5.41, 5.74) is 1.31. The molecule has 2 saturated heterocycles. The fourth-order valence-corrected chi connectivity index (χ4v) is 2.94. The third-order valence-electron chi connectivity index (χ3n) is 3.71. The lowest BCUT2D eigenvalue weighted by molar-refractivity contribution is -0.142. The molecule has 3 nitrogen and oxygen atoms in total. The van der Waals surface area contributed by atoms with Gasteiger partial charge in [0.1, 0.15) is 0 Å². The molecule has 0 aromatic heterocycles. The largest absolute Gasteiger partial charge is 0.481 e. The van der Waals surface area contributed by atoms with Gasteiger partial charge < -0.3 is 5.11 Å². The topological polar surface area (TPSA) is 40.5 Å². The first kappa shape index (κ1) is 10.7. The summed E-state index contributed by atoms with van der Waals surface area (Å²) in [6.07, 6.45) is 5.31. The summed E-state index contributed by atoms with van der Waals surface area (Å²) in [5.74, 6) is -0.723. The lowest BCUT2D eigenvalue weighted by Gasteiger charge is -2.21. The van der Waals surface area contributed by atoms with Crippen LogP contribution in [0, 0.1) is 5.92 Å². The highest BCUT2D eigenvalue weighted by Gasteiger charge is 2.48. The molecule has 2 rings (SSSR count). The van der Waals surface area contributed by atoms with Crippen LogP contribution in [-0.4, -0.2) is 34.6 Å². The van der Waals surface area contributed by atoms with Gasteiger partial charge in [0.15, 0.2) is 0 Å². The number of carbonyl (C=O) groups is 1. The monoisotopic (exact) mass is 209 g/mol. The maximum absolute atomic E-state index is 11.0. The summed E-state index contributed by atoms with van der Waals surface area (Å²) in [6.45, 7) is 5.11. The smallest absolute Gasteiger partial charge is 0.308 e. The molecule has 0 amide bonds. The van der Waals surface area contributed by atoms with Gasteiger partial charge in [-0.05, 0) is 33.1 Å². The van der Waals surface area contributed by atoms with Gasteiger partial charge in [-0.25, -0.2) is 0 Å². The Balaban J connectivity index is 2.03. The number of hydrogen-bond acceptors (Lipinski definition) is 2. The second-order valence-corrected chi connectivity index (χ2v) is 4.96. The Bertz CT molecular complexity index is 294. The summed E-state index contributed by atoms with van der Waals surface area (Å²) in [5, 5.41) is 9.09. The molecule has 2 heterocycles. The third-order valence-corrected chi connectivity index (χ3v) is 3.71. The number of aliphatic carboxylic acids is 1. The van der Waals surface area contributed by atoms with Gasteiger partial charge in [-0.2, -0.15) is 0 Å². The van der Waals surface area contributed by atoms with Crippen LogP contribution in [0.25, 0.3) is 0 Å². The molecule has 2 aliphatic rings. The number of carboxylic acid groups (broad SMARTS) is 1. The highest BCUT2D eigenvalue weighted by atomic mass is 16.4. The van der Waals surface area contributed by atoms with Crippen LogP contribution in [0.2, 0.25) is 0 Å². The number of hydrogen-bond donors (Lipinski definition) is 1. The minimum absolute atomic E-state index is 0.116. The maximum atomic E-state index is 11.0. The van der Waals surface area contributed by atoms with Crippen molar-refractivity contribution in [2.24, 2.45) is 5.92 Å². The second-order valence-electron chi connectivity index (χ2n) is 4.96. The Labute approximate surface area is 90.8 Å². The van der Waals surface area contributed by atoms with Crippen molar-refractivity contribution < 1.29 is 9.90 Å². The summed E-state index contributed by atoms with van der Waals surface area (Å²) in [4.78, 5) is 13.4. The van der Waals surface area contributed by atoms with Crippen LogP contribution < -0.4 is 0 Å². The van der Waals surface area contributed by atoms with E-state index in [0.29, 0.717) is 12.1 Å². The van der Waals surface area contributed by atoms with Crippen LogP contribution in [0.4, 0.5) is 0 Å². The standard InChI is InChI=1S/C12H19NO2/c1-8(2)5-6-13-9-3-4-11(13)10(7-9)12(14)15/h5,9-11H,3-4,6-7H2,1-2H3,(H,14,15). The number of nitrogens with zero attached hydrogens (tertiary/aromatic N) is 1. The van der Waals surface area contributed by atoms with Gasteiger partial charge >= 0.3 is 5.97 Å². The van der Waals surface area contributed by atoms with Crippen LogP contribution in [0.15, 0.2) is 11.6 Å². The van der Waals surface area contributed by atoms with Crippen molar-refractivity contribution in [1.82, 2.24) is 4.90 Å². The Morgan fingerprint density at radius 3 is 2.73 bits per heavy atom. The van der Waals surface area contributed by atoms with Gasteiger partial charge in [0.05, 0.1) is 5.92 Å². The molecule has 0 aromatic rings. The quantitative estimate of drug-likeness (QED) is 0.722. The summed E-state index contributed by atoms with van der Waals surface area (Å²) >= 11 is 0. The van der Waals surface area contributed by atoms with E-state index in [2.05, 4.69) is 24.8 Å². The van der Waals surface area contributed by atoms with Gasteiger partial charge in [-0.15, -0.1) is 0 Å².